The van der Waals surface area contributed by atoms with Gasteiger partial charge in [0.05, 0.1) is 6.54 Å². The lowest BCUT2D eigenvalue weighted by Crippen LogP contribution is -2.53. The fourth-order valence-corrected chi connectivity index (χ4v) is 4.91. The Morgan fingerprint density at radius 1 is 0.861 bits per heavy atom. The SMILES string of the molecule is CCc1ccccc1NC(=O)CN1CCN(C(=O)C2CCN(C(=O)/C=C/c3ccccc3)CC2)CC1. The number of carbonyl (C=O) groups excluding carboxylic acids is 3. The van der Waals surface area contributed by atoms with Crippen LogP contribution < -0.4 is 5.32 Å². The molecule has 2 aromatic rings. The number of carbonyl (C=O) groups is 3. The first-order chi connectivity index (χ1) is 17.5. The average molecular weight is 489 g/mol. The minimum absolute atomic E-state index is 0.00166. The highest BCUT2D eigenvalue weighted by Crippen LogP contribution is 2.21. The average Bonchev–Trinajstić information content (AvgIpc) is 2.92. The van der Waals surface area contributed by atoms with Crippen LogP contribution in [0.3, 0.4) is 0 Å². The van der Waals surface area contributed by atoms with Crippen molar-refractivity contribution in [2.45, 2.75) is 26.2 Å². The highest BCUT2D eigenvalue weighted by Gasteiger charge is 2.31. The van der Waals surface area contributed by atoms with Crippen molar-refractivity contribution in [1.82, 2.24) is 14.7 Å². The summed E-state index contributed by atoms with van der Waals surface area (Å²) in [5.74, 6) is 0.127. The summed E-state index contributed by atoms with van der Waals surface area (Å²) in [6, 6.07) is 17.7. The van der Waals surface area contributed by atoms with Crippen molar-refractivity contribution < 1.29 is 14.4 Å². The van der Waals surface area contributed by atoms with Crippen LogP contribution in [0.2, 0.25) is 0 Å². The highest BCUT2D eigenvalue weighted by atomic mass is 16.2. The van der Waals surface area contributed by atoms with E-state index in [1.165, 1.54) is 0 Å². The number of benzene rings is 2. The molecule has 3 amide bonds. The Morgan fingerprint density at radius 3 is 2.22 bits per heavy atom. The first-order valence-electron chi connectivity index (χ1n) is 12.9. The molecule has 190 valence electrons. The summed E-state index contributed by atoms with van der Waals surface area (Å²) >= 11 is 0. The second-order valence-electron chi connectivity index (χ2n) is 9.50. The summed E-state index contributed by atoms with van der Waals surface area (Å²) in [5.41, 5.74) is 3.00. The number of para-hydroxylation sites is 1. The largest absolute Gasteiger partial charge is 0.340 e. The molecule has 2 aromatic carbocycles. The first kappa shape index (κ1) is 25.6. The predicted molar refractivity (Wildman–Crippen MR) is 142 cm³/mol. The van der Waals surface area contributed by atoms with E-state index in [1.54, 1.807) is 6.08 Å². The van der Waals surface area contributed by atoms with E-state index in [0.29, 0.717) is 58.7 Å². The van der Waals surface area contributed by atoms with Gasteiger partial charge in [0.25, 0.3) is 0 Å². The fraction of sp³-hybridized carbons (Fsp3) is 0.414. The summed E-state index contributed by atoms with van der Waals surface area (Å²) in [5, 5.41) is 3.03. The van der Waals surface area contributed by atoms with Gasteiger partial charge in [0.2, 0.25) is 17.7 Å². The number of amides is 3. The maximum Gasteiger partial charge on any atom is 0.246 e. The van der Waals surface area contributed by atoms with Gasteiger partial charge in [0.15, 0.2) is 0 Å². The maximum absolute atomic E-state index is 13.1. The Morgan fingerprint density at radius 2 is 1.53 bits per heavy atom. The second kappa shape index (κ2) is 12.5. The number of piperidine rings is 1. The molecule has 0 atom stereocenters. The van der Waals surface area contributed by atoms with Crippen LogP contribution in [-0.4, -0.2) is 78.2 Å². The molecule has 7 nitrogen and oxygen atoms in total. The van der Waals surface area contributed by atoms with Gasteiger partial charge >= 0.3 is 0 Å². The molecule has 2 heterocycles. The number of hydrogen-bond acceptors (Lipinski definition) is 4. The van der Waals surface area contributed by atoms with E-state index in [-0.39, 0.29) is 23.6 Å². The van der Waals surface area contributed by atoms with Crippen LogP contribution in [0.15, 0.2) is 60.7 Å². The molecular weight excluding hydrogens is 452 g/mol. The standard InChI is InChI=1S/C29H36N4O3/c1-2-24-10-6-7-11-26(24)30-27(34)22-31-18-20-33(21-19-31)29(36)25-14-16-32(17-15-25)28(35)13-12-23-8-4-3-5-9-23/h3-13,25H,2,14-22H2,1H3,(H,30,34)/b13-12+. The molecule has 2 aliphatic heterocycles. The quantitative estimate of drug-likeness (QED) is 0.607. The van der Waals surface area contributed by atoms with Crippen LogP contribution in [0.4, 0.5) is 5.69 Å². The van der Waals surface area contributed by atoms with Gasteiger partial charge in [-0.2, -0.15) is 0 Å². The zero-order chi connectivity index (χ0) is 25.3. The number of nitrogens with one attached hydrogen (secondary N) is 1. The van der Waals surface area contributed by atoms with Crippen molar-refractivity contribution in [1.29, 1.82) is 0 Å². The van der Waals surface area contributed by atoms with Gasteiger partial charge in [0, 0.05) is 56.9 Å². The molecule has 0 aliphatic carbocycles. The predicted octanol–water partition coefficient (Wildman–Crippen LogP) is 3.28. The monoisotopic (exact) mass is 488 g/mol. The van der Waals surface area contributed by atoms with Crippen LogP contribution in [0, 0.1) is 5.92 Å². The molecule has 0 aromatic heterocycles. The Kier molecular flexibility index (Phi) is 8.90. The molecule has 0 radical (unpaired) electrons. The topological polar surface area (TPSA) is 73.0 Å². The molecule has 2 aliphatic rings. The summed E-state index contributed by atoms with van der Waals surface area (Å²) in [6.45, 7) is 6.27. The van der Waals surface area contributed by atoms with E-state index in [2.05, 4.69) is 17.1 Å². The number of nitrogens with zero attached hydrogens (tertiary/aromatic N) is 3. The summed E-state index contributed by atoms with van der Waals surface area (Å²) in [7, 11) is 0. The smallest absolute Gasteiger partial charge is 0.246 e. The van der Waals surface area contributed by atoms with Crippen LogP contribution in [0.25, 0.3) is 6.08 Å². The van der Waals surface area contributed by atoms with E-state index in [4.69, 9.17) is 0 Å². The second-order valence-corrected chi connectivity index (χ2v) is 9.50. The van der Waals surface area contributed by atoms with E-state index < -0.39 is 0 Å². The van der Waals surface area contributed by atoms with Crippen molar-refractivity contribution in [3.8, 4) is 0 Å². The molecule has 0 spiro atoms. The summed E-state index contributed by atoms with van der Waals surface area (Å²) < 4.78 is 0. The van der Waals surface area contributed by atoms with Crippen LogP contribution in [-0.2, 0) is 20.8 Å². The third-order valence-corrected chi connectivity index (χ3v) is 7.10. The van der Waals surface area contributed by atoms with Gasteiger partial charge in [-0.1, -0.05) is 55.5 Å². The van der Waals surface area contributed by atoms with Gasteiger partial charge in [0.1, 0.15) is 0 Å². The normalized spacial score (nSPS) is 17.4. The number of aryl methyl sites for hydroxylation is 1. The van der Waals surface area contributed by atoms with Crippen molar-refractivity contribution in [2.75, 3.05) is 51.1 Å². The molecule has 36 heavy (non-hydrogen) atoms. The van der Waals surface area contributed by atoms with Crippen molar-refractivity contribution in [2.24, 2.45) is 5.92 Å². The number of anilines is 1. The van der Waals surface area contributed by atoms with Crippen molar-refractivity contribution >= 4 is 29.5 Å². The van der Waals surface area contributed by atoms with Crippen molar-refractivity contribution in [3.05, 3.63) is 71.8 Å². The minimum Gasteiger partial charge on any atom is -0.340 e. The van der Waals surface area contributed by atoms with Crippen molar-refractivity contribution in [3.63, 3.8) is 0 Å². The zero-order valence-electron chi connectivity index (χ0n) is 21.1. The maximum atomic E-state index is 13.1. The van der Waals surface area contributed by atoms with Crippen LogP contribution >= 0.6 is 0 Å². The molecule has 0 unspecified atom stereocenters. The summed E-state index contributed by atoms with van der Waals surface area (Å²) in [6.07, 6.45) is 5.72. The Balaban J connectivity index is 1.18. The van der Waals surface area contributed by atoms with E-state index in [0.717, 1.165) is 23.2 Å². The number of hydrogen-bond donors (Lipinski definition) is 1. The molecule has 2 fully saturated rings. The molecule has 0 saturated carbocycles. The molecular formula is C29H36N4O3. The first-order valence-corrected chi connectivity index (χ1v) is 12.9. The van der Waals surface area contributed by atoms with E-state index in [9.17, 15) is 14.4 Å². The number of piperazine rings is 1. The molecule has 2 saturated heterocycles. The number of rotatable bonds is 7. The zero-order valence-corrected chi connectivity index (χ0v) is 21.1. The molecule has 0 bridgehead atoms. The van der Waals surface area contributed by atoms with Gasteiger partial charge < -0.3 is 15.1 Å². The Bertz CT molecular complexity index is 1070. The highest BCUT2D eigenvalue weighted by molar-refractivity contribution is 5.93. The third-order valence-electron chi connectivity index (χ3n) is 7.10. The van der Waals surface area contributed by atoms with Gasteiger partial charge in [-0.15, -0.1) is 0 Å². The lowest BCUT2D eigenvalue weighted by molar-refractivity contribution is -0.141. The van der Waals surface area contributed by atoms with E-state index >= 15 is 0 Å². The summed E-state index contributed by atoms with van der Waals surface area (Å²) in [4.78, 5) is 44.0. The molecule has 7 heteroatoms. The lowest BCUT2D eigenvalue weighted by atomic mass is 9.95. The Hall–Kier alpha value is -3.45. The number of likely N-dealkylation sites (tertiary alicyclic amines) is 1. The fourth-order valence-electron chi connectivity index (χ4n) is 4.91. The Labute approximate surface area is 213 Å². The van der Waals surface area contributed by atoms with Gasteiger partial charge in [-0.3, -0.25) is 19.3 Å². The van der Waals surface area contributed by atoms with Gasteiger partial charge in [-0.25, -0.2) is 0 Å². The van der Waals surface area contributed by atoms with E-state index in [1.807, 2.05) is 70.5 Å². The van der Waals surface area contributed by atoms with Gasteiger partial charge in [-0.05, 0) is 42.5 Å². The molecule has 4 rings (SSSR count). The van der Waals surface area contributed by atoms with Crippen LogP contribution in [0.5, 0.6) is 0 Å². The minimum atomic E-state index is -0.0347. The van der Waals surface area contributed by atoms with Crippen LogP contribution in [0.1, 0.15) is 30.9 Å². The third kappa shape index (κ3) is 6.82. The lowest BCUT2D eigenvalue weighted by Gasteiger charge is -2.38. The molecule has 1 N–H and O–H groups in total.